The van der Waals surface area contributed by atoms with Crippen LogP contribution in [0, 0.1) is 0 Å². The predicted octanol–water partition coefficient (Wildman–Crippen LogP) is 3.95. The second-order valence-electron chi connectivity index (χ2n) is 3.78. The minimum absolute atomic E-state index is 0.564. The number of hydrogen-bond acceptors (Lipinski definition) is 4. The van der Waals surface area contributed by atoms with Crippen molar-refractivity contribution in [3.05, 3.63) is 45.9 Å². The molecule has 1 aromatic heterocycles. The van der Waals surface area contributed by atoms with Crippen molar-refractivity contribution in [2.24, 2.45) is 0 Å². The number of nitrogens with one attached hydrogen (secondary N) is 1. The highest BCUT2D eigenvalue weighted by Gasteiger charge is 2.01. The standard InChI is InChI=1S/C13H15ClN2OS/c1-2-15-13-16-7-12(18-13)9-17-8-10-4-3-5-11(14)6-10/h3-7H,2,8-9H2,1H3,(H,15,16). The maximum atomic E-state index is 5.91. The molecule has 0 aliphatic heterocycles. The molecule has 0 unspecified atom stereocenters. The van der Waals surface area contributed by atoms with Crippen LogP contribution in [0.15, 0.2) is 30.5 Å². The Morgan fingerprint density at radius 3 is 3.06 bits per heavy atom. The van der Waals surface area contributed by atoms with Gasteiger partial charge in [0.05, 0.1) is 18.1 Å². The molecule has 1 aromatic carbocycles. The minimum atomic E-state index is 0.564. The maximum absolute atomic E-state index is 5.91. The van der Waals surface area contributed by atoms with Gasteiger partial charge in [0.25, 0.3) is 0 Å². The fourth-order valence-corrected chi connectivity index (χ4v) is 2.53. The molecule has 1 heterocycles. The lowest BCUT2D eigenvalue weighted by atomic mass is 10.2. The van der Waals surface area contributed by atoms with Gasteiger partial charge in [-0.1, -0.05) is 35.1 Å². The van der Waals surface area contributed by atoms with E-state index in [2.05, 4.69) is 17.2 Å². The third-order valence-corrected chi connectivity index (χ3v) is 3.45. The molecule has 0 aliphatic rings. The molecule has 1 N–H and O–H groups in total. The van der Waals surface area contributed by atoms with Gasteiger partial charge in [-0.3, -0.25) is 0 Å². The zero-order chi connectivity index (χ0) is 12.8. The first-order valence-corrected chi connectivity index (χ1v) is 6.98. The van der Waals surface area contributed by atoms with Gasteiger partial charge >= 0.3 is 0 Å². The van der Waals surface area contributed by atoms with Crippen LogP contribution in [0.5, 0.6) is 0 Å². The summed E-state index contributed by atoms with van der Waals surface area (Å²) in [6, 6.07) is 7.70. The van der Waals surface area contributed by atoms with Crippen molar-refractivity contribution in [1.29, 1.82) is 0 Å². The van der Waals surface area contributed by atoms with Crippen molar-refractivity contribution < 1.29 is 4.74 Å². The Bertz CT molecular complexity index is 501. The van der Waals surface area contributed by atoms with E-state index in [1.165, 1.54) is 0 Å². The first kappa shape index (κ1) is 13.3. The lowest BCUT2D eigenvalue weighted by molar-refractivity contribution is 0.109. The highest BCUT2D eigenvalue weighted by molar-refractivity contribution is 7.15. The van der Waals surface area contributed by atoms with Gasteiger partial charge in [0.15, 0.2) is 5.13 Å². The van der Waals surface area contributed by atoms with Crippen LogP contribution in [0.1, 0.15) is 17.4 Å². The molecule has 3 nitrogen and oxygen atoms in total. The predicted molar refractivity (Wildman–Crippen MR) is 76.2 cm³/mol. The Kier molecular flexibility index (Phi) is 4.99. The summed E-state index contributed by atoms with van der Waals surface area (Å²) < 4.78 is 5.64. The number of anilines is 1. The van der Waals surface area contributed by atoms with Gasteiger partial charge in [0, 0.05) is 17.8 Å². The van der Waals surface area contributed by atoms with Crippen LogP contribution in [-0.4, -0.2) is 11.5 Å². The second kappa shape index (κ2) is 6.73. The van der Waals surface area contributed by atoms with Gasteiger partial charge in [-0.25, -0.2) is 4.98 Å². The summed E-state index contributed by atoms with van der Waals surface area (Å²) >= 11 is 7.53. The Balaban J connectivity index is 1.81. The van der Waals surface area contributed by atoms with E-state index in [0.717, 1.165) is 27.1 Å². The minimum Gasteiger partial charge on any atom is -0.371 e. The molecule has 0 aliphatic carbocycles. The van der Waals surface area contributed by atoms with E-state index >= 15 is 0 Å². The summed E-state index contributed by atoms with van der Waals surface area (Å²) in [5.74, 6) is 0. The normalized spacial score (nSPS) is 10.6. The Labute approximate surface area is 116 Å². The van der Waals surface area contributed by atoms with E-state index in [9.17, 15) is 0 Å². The quantitative estimate of drug-likeness (QED) is 0.871. The first-order chi connectivity index (χ1) is 8.78. The first-order valence-electron chi connectivity index (χ1n) is 5.78. The lowest BCUT2D eigenvalue weighted by Gasteiger charge is -2.02. The second-order valence-corrected chi connectivity index (χ2v) is 5.34. The van der Waals surface area contributed by atoms with E-state index in [4.69, 9.17) is 16.3 Å². The molecule has 0 radical (unpaired) electrons. The monoisotopic (exact) mass is 282 g/mol. The van der Waals surface area contributed by atoms with E-state index in [1.54, 1.807) is 11.3 Å². The van der Waals surface area contributed by atoms with Crippen molar-refractivity contribution in [2.75, 3.05) is 11.9 Å². The Hall–Kier alpha value is -1.10. The van der Waals surface area contributed by atoms with Crippen LogP contribution < -0.4 is 5.32 Å². The smallest absolute Gasteiger partial charge is 0.182 e. The van der Waals surface area contributed by atoms with Gasteiger partial charge in [-0.15, -0.1) is 0 Å². The molecule has 2 rings (SSSR count). The van der Waals surface area contributed by atoms with Crippen molar-refractivity contribution in [3.8, 4) is 0 Å². The van der Waals surface area contributed by atoms with Crippen LogP contribution in [0.2, 0.25) is 5.02 Å². The van der Waals surface area contributed by atoms with Crippen molar-refractivity contribution >= 4 is 28.1 Å². The van der Waals surface area contributed by atoms with E-state index in [-0.39, 0.29) is 0 Å². The Morgan fingerprint density at radius 2 is 2.28 bits per heavy atom. The van der Waals surface area contributed by atoms with Crippen molar-refractivity contribution in [1.82, 2.24) is 4.98 Å². The molecular weight excluding hydrogens is 268 g/mol. The maximum Gasteiger partial charge on any atom is 0.182 e. The third kappa shape index (κ3) is 3.98. The molecule has 0 fully saturated rings. The molecule has 5 heteroatoms. The van der Waals surface area contributed by atoms with Crippen molar-refractivity contribution in [3.63, 3.8) is 0 Å². The fourth-order valence-electron chi connectivity index (χ4n) is 1.50. The molecule has 2 aromatic rings. The fraction of sp³-hybridized carbons (Fsp3) is 0.308. The number of hydrogen-bond donors (Lipinski definition) is 1. The number of rotatable bonds is 6. The molecule has 0 spiro atoms. The lowest BCUT2D eigenvalue weighted by Crippen LogP contribution is -1.94. The summed E-state index contributed by atoms with van der Waals surface area (Å²) in [5.41, 5.74) is 1.08. The molecular formula is C13H15ClN2OS. The topological polar surface area (TPSA) is 34.2 Å². The molecule has 0 saturated carbocycles. The van der Waals surface area contributed by atoms with Gasteiger partial charge in [-0.05, 0) is 24.6 Å². The number of nitrogens with zero attached hydrogens (tertiary/aromatic N) is 1. The van der Waals surface area contributed by atoms with Crippen LogP contribution in [-0.2, 0) is 18.0 Å². The summed E-state index contributed by atoms with van der Waals surface area (Å²) in [5, 5.41) is 4.86. The van der Waals surface area contributed by atoms with Crippen LogP contribution in [0.4, 0.5) is 5.13 Å². The van der Waals surface area contributed by atoms with E-state index in [0.29, 0.717) is 13.2 Å². The highest BCUT2D eigenvalue weighted by atomic mass is 35.5. The summed E-state index contributed by atoms with van der Waals surface area (Å²) in [7, 11) is 0. The zero-order valence-corrected chi connectivity index (χ0v) is 11.7. The van der Waals surface area contributed by atoms with Gasteiger partial charge < -0.3 is 10.1 Å². The highest BCUT2D eigenvalue weighted by Crippen LogP contribution is 2.19. The molecule has 0 atom stereocenters. The molecule has 18 heavy (non-hydrogen) atoms. The Morgan fingerprint density at radius 1 is 1.39 bits per heavy atom. The molecule has 0 amide bonds. The molecule has 96 valence electrons. The number of ether oxygens (including phenoxy) is 1. The van der Waals surface area contributed by atoms with Gasteiger partial charge in [0.2, 0.25) is 0 Å². The van der Waals surface area contributed by atoms with E-state index < -0.39 is 0 Å². The largest absolute Gasteiger partial charge is 0.371 e. The van der Waals surface area contributed by atoms with Crippen LogP contribution >= 0.6 is 22.9 Å². The zero-order valence-electron chi connectivity index (χ0n) is 10.1. The number of thiazole rings is 1. The molecule has 0 bridgehead atoms. The van der Waals surface area contributed by atoms with Crippen molar-refractivity contribution in [2.45, 2.75) is 20.1 Å². The average Bonchev–Trinajstić information content (AvgIpc) is 2.78. The third-order valence-electron chi connectivity index (χ3n) is 2.28. The number of halogens is 1. The number of aromatic nitrogens is 1. The number of benzene rings is 1. The van der Waals surface area contributed by atoms with E-state index in [1.807, 2.05) is 30.5 Å². The molecule has 0 saturated heterocycles. The van der Waals surface area contributed by atoms with Gasteiger partial charge in [-0.2, -0.15) is 0 Å². The summed E-state index contributed by atoms with van der Waals surface area (Å²) in [6.45, 7) is 4.08. The van der Waals surface area contributed by atoms with Gasteiger partial charge in [0.1, 0.15) is 0 Å². The average molecular weight is 283 g/mol. The SMILES string of the molecule is CCNc1ncc(COCc2cccc(Cl)c2)s1. The van der Waals surface area contributed by atoms with Crippen LogP contribution in [0.25, 0.3) is 0 Å². The summed E-state index contributed by atoms with van der Waals surface area (Å²) in [6.07, 6.45) is 1.85. The summed E-state index contributed by atoms with van der Waals surface area (Å²) in [4.78, 5) is 5.37. The van der Waals surface area contributed by atoms with Crippen LogP contribution in [0.3, 0.4) is 0 Å².